The van der Waals surface area contributed by atoms with E-state index in [0.717, 1.165) is 18.4 Å². The Hall–Kier alpha value is -3.10. The van der Waals surface area contributed by atoms with Gasteiger partial charge in [0.25, 0.3) is 0 Å². The monoisotopic (exact) mass is 388 g/mol. The Morgan fingerprint density at radius 1 is 1.32 bits per heavy atom. The highest BCUT2D eigenvalue weighted by Gasteiger charge is 2.20. The zero-order valence-corrected chi connectivity index (χ0v) is 15.9. The normalized spacial score (nSPS) is 15.2. The first-order chi connectivity index (χ1) is 13.5. The van der Waals surface area contributed by atoms with Crippen LogP contribution in [0.2, 0.25) is 0 Å². The Morgan fingerprint density at radius 2 is 2.07 bits per heavy atom. The number of carboxylic acid groups (broad SMARTS) is 1. The summed E-state index contributed by atoms with van der Waals surface area (Å²) < 4.78 is 12.7. The van der Waals surface area contributed by atoms with E-state index >= 15 is 0 Å². The van der Waals surface area contributed by atoms with Crippen LogP contribution in [0, 0.1) is 0 Å². The van der Waals surface area contributed by atoms with Gasteiger partial charge in [0, 0.05) is 0 Å². The van der Waals surface area contributed by atoms with Crippen LogP contribution in [0.5, 0.6) is 11.5 Å². The molecule has 0 spiro atoms. The lowest BCUT2D eigenvalue weighted by Gasteiger charge is -2.19. The van der Waals surface area contributed by atoms with Gasteiger partial charge in [-0.2, -0.15) is 0 Å². The standard InChI is InChI=1S/C19H24N4O5/c1-12(20-18(24)11-23-10-15(19(25)26)21-22-23)13-7-8-16(17(9-13)27-2)28-14-5-3-4-6-14/h7-10,12,14H,3-6,11H2,1-2H3,(H,20,24)(H,25,26). The largest absolute Gasteiger partial charge is 0.493 e. The SMILES string of the molecule is COc1cc(C(C)NC(=O)Cn2cc(C(=O)O)nn2)ccc1OC1CCCC1. The van der Waals surface area contributed by atoms with Crippen molar-refractivity contribution in [3.05, 3.63) is 35.7 Å². The molecule has 0 bridgehead atoms. The van der Waals surface area contributed by atoms with E-state index in [-0.39, 0.29) is 30.3 Å². The smallest absolute Gasteiger partial charge is 0.358 e. The fourth-order valence-electron chi connectivity index (χ4n) is 3.23. The molecule has 150 valence electrons. The fraction of sp³-hybridized carbons (Fsp3) is 0.474. The van der Waals surface area contributed by atoms with Crippen LogP contribution in [0.15, 0.2) is 24.4 Å². The molecule has 0 aliphatic heterocycles. The van der Waals surface area contributed by atoms with Crippen molar-refractivity contribution in [2.75, 3.05) is 7.11 Å². The summed E-state index contributed by atoms with van der Waals surface area (Å²) >= 11 is 0. The van der Waals surface area contributed by atoms with Gasteiger partial charge in [-0.25, -0.2) is 9.48 Å². The van der Waals surface area contributed by atoms with Gasteiger partial charge in [-0.3, -0.25) is 4.79 Å². The summed E-state index contributed by atoms with van der Waals surface area (Å²) in [6.07, 6.45) is 5.94. The van der Waals surface area contributed by atoms with Gasteiger partial charge in [0.15, 0.2) is 17.2 Å². The highest BCUT2D eigenvalue weighted by Crippen LogP contribution is 2.33. The van der Waals surface area contributed by atoms with Gasteiger partial charge >= 0.3 is 5.97 Å². The summed E-state index contributed by atoms with van der Waals surface area (Å²) in [7, 11) is 1.59. The molecule has 1 aromatic heterocycles. The number of carbonyl (C=O) groups is 2. The number of ether oxygens (including phenoxy) is 2. The minimum atomic E-state index is -1.19. The van der Waals surface area contributed by atoms with Crippen LogP contribution in [0.4, 0.5) is 0 Å². The molecule has 1 fully saturated rings. The summed E-state index contributed by atoms with van der Waals surface area (Å²) in [4.78, 5) is 23.0. The van der Waals surface area contributed by atoms with Crippen LogP contribution in [0.1, 0.15) is 54.7 Å². The lowest BCUT2D eigenvalue weighted by molar-refractivity contribution is -0.122. The lowest BCUT2D eigenvalue weighted by atomic mass is 10.1. The van der Waals surface area contributed by atoms with Crippen LogP contribution in [-0.4, -0.2) is 45.2 Å². The van der Waals surface area contributed by atoms with Crippen molar-refractivity contribution < 1.29 is 24.2 Å². The molecule has 1 aliphatic carbocycles. The Kier molecular flexibility index (Phi) is 6.13. The number of carbonyl (C=O) groups excluding carboxylic acids is 1. The highest BCUT2D eigenvalue weighted by molar-refractivity contribution is 5.84. The van der Waals surface area contributed by atoms with Crippen molar-refractivity contribution in [1.82, 2.24) is 20.3 Å². The molecule has 28 heavy (non-hydrogen) atoms. The second-order valence-corrected chi connectivity index (χ2v) is 6.83. The van der Waals surface area contributed by atoms with E-state index in [0.29, 0.717) is 11.5 Å². The third-order valence-corrected chi connectivity index (χ3v) is 4.72. The molecular weight excluding hydrogens is 364 g/mol. The Morgan fingerprint density at radius 3 is 2.71 bits per heavy atom. The minimum absolute atomic E-state index is 0.120. The number of aromatic nitrogens is 3. The van der Waals surface area contributed by atoms with E-state index in [2.05, 4.69) is 15.6 Å². The first-order valence-corrected chi connectivity index (χ1v) is 9.23. The van der Waals surface area contributed by atoms with Crippen molar-refractivity contribution >= 4 is 11.9 Å². The highest BCUT2D eigenvalue weighted by atomic mass is 16.5. The van der Waals surface area contributed by atoms with Gasteiger partial charge in [-0.05, 0) is 50.3 Å². The maximum absolute atomic E-state index is 12.2. The zero-order chi connectivity index (χ0) is 20.1. The van der Waals surface area contributed by atoms with Crippen molar-refractivity contribution in [2.24, 2.45) is 0 Å². The zero-order valence-electron chi connectivity index (χ0n) is 15.9. The number of nitrogens with zero attached hydrogens (tertiary/aromatic N) is 3. The molecule has 2 aromatic rings. The van der Waals surface area contributed by atoms with Crippen LogP contribution in [0.25, 0.3) is 0 Å². The number of carboxylic acids is 1. The van der Waals surface area contributed by atoms with Crippen LogP contribution >= 0.6 is 0 Å². The van der Waals surface area contributed by atoms with Crippen molar-refractivity contribution in [3.63, 3.8) is 0 Å². The van der Waals surface area contributed by atoms with Gasteiger partial charge in [-0.1, -0.05) is 11.3 Å². The number of amides is 1. The van der Waals surface area contributed by atoms with E-state index in [1.165, 1.54) is 23.7 Å². The molecular formula is C19H24N4O5. The molecule has 1 unspecified atom stereocenters. The quantitative estimate of drug-likeness (QED) is 0.712. The second-order valence-electron chi connectivity index (χ2n) is 6.83. The summed E-state index contributed by atoms with van der Waals surface area (Å²) in [5.41, 5.74) is 0.664. The second kappa shape index (κ2) is 8.73. The minimum Gasteiger partial charge on any atom is -0.493 e. The first kappa shape index (κ1) is 19.7. The summed E-state index contributed by atoms with van der Waals surface area (Å²) in [5, 5.41) is 18.8. The summed E-state index contributed by atoms with van der Waals surface area (Å²) in [6, 6.07) is 5.35. The molecule has 1 aliphatic rings. The Bertz CT molecular complexity index is 845. The average molecular weight is 388 g/mol. The summed E-state index contributed by atoms with van der Waals surface area (Å²) in [6.45, 7) is 1.73. The third-order valence-electron chi connectivity index (χ3n) is 4.72. The molecule has 1 heterocycles. The van der Waals surface area contributed by atoms with Gasteiger partial charge in [-0.15, -0.1) is 5.10 Å². The number of hydrogen-bond acceptors (Lipinski definition) is 6. The molecule has 9 nitrogen and oxygen atoms in total. The van der Waals surface area contributed by atoms with Gasteiger partial charge in [0.2, 0.25) is 5.91 Å². The number of methoxy groups -OCH3 is 1. The number of rotatable bonds is 8. The van der Waals surface area contributed by atoms with E-state index in [4.69, 9.17) is 14.6 Å². The molecule has 1 saturated carbocycles. The van der Waals surface area contributed by atoms with Crippen LogP contribution < -0.4 is 14.8 Å². The predicted octanol–water partition coefficient (Wildman–Crippen LogP) is 2.18. The fourth-order valence-corrected chi connectivity index (χ4v) is 3.23. The van der Waals surface area contributed by atoms with Crippen molar-refractivity contribution in [2.45, 2.75) is 51.3 Å². The number of hydrogen-bond donors (Lipinski definition) is 2. The molecule has 1 aromatic carbocycles. The van der Waals surface area contributed by atoms with E-state index in [9.17, 15) is 9.59 Å². The number of nitrogens with one attached hydrogen (secondary N) is 1. The van der Waals surface area contributed by atoms with Gasteiger partial charge in [0.05, 0.1) is 25.5 Å². The number of aromatic carboxylic acids is 1. The maximum atomic E-state index is 12.2. The molecule has 1 atom stereocenters. The third kappa shape index (κ3) is 4.79. The summed E-state index contributed by atoms with van der Waals surface area (Å²) in [5.74, 6) is -0.153. The molecule has 0 radical (unpaired) electrons. The maximum Gasteiger partial charge on any atom is 0.358 e. The van der Waals surface area contributed by atoms with E-state index in [1.54, 1.807) is 7.11 Å². The lowest BCUT2D eigenvalue weighted by Crippen LogP contribution is -2.30. The Balaban J connectivity index is 1.61. The Labute approximate surface area is 162 Å². The molecule has 2 N–H and O–H groups in total. The molecule has 9 heteroatoms. The molecule has 0 saturated heterocycles. The number of benzene rings is 1. The van der Waals surface area contributed by atoms with Gasteiger partial charge < -0.3 is 19.9 Å². The van der Waals surface area contributed by atoms with Crippen molar-refractivity contribution in [3.8, 4) is 11.5 Å². The van der Waals surface area contributed by atoms with E-state index < -0.39 is 5.97 Å². The van der Waals surface area contributed by atoms with Crippen LogP contribution in [-0.2, 0) is 11.3 Å². The van der Waals surface area contributed by atoms with Gasteiger partial charge in [0.1, 0.15) is 6.54 Å². The molecule has 3 rings (SSSR count). The van der Waals surface area contributed by atoms with E-state index in [1.807, 2.05) is 25.1 Å². The van der Waals surface area contributed by atoms with Crippen molar-refractivity contribution in [1.29, 1.82) is 0 Å². The average Bonchev–Trinajstić information content (AvgIpc) is 3.34. The first-order valence-electron chi connectivity index (χ1n) is 9.23. The predicted molar refractivity (Wildman–Crippen MR) is 99.4 cm³/mol. The molecule has 1 amide bonds. The van der Waals surface area contributed by atoms with Crippen LogP contribution in [0.3, 0.4) is 0 Å². The topological polar surface area (TPSA) is 116 Å².